The van der Waals surface area contributed by atoms with Crippen LogP contribution < -0.4 is 4.74 Å². The van der Waals surface area contributed by atoms with Gasteiger partial charge in [0.1, 0.15) is 11.6 Å². The van der Waals surface area contributed by atoms with Crippen LogP contribution in [0.15, 0.2) is 24.4 Å². The molecule has 0 bridgehead atoms. The molecule has 0 unspecified atom stereocenters. The number of aryl methyl sites for hydroxylation is 1. The van der Waals surface area contributed by atoms with Crippen LogP contribution in [0.4, 0.5) is 0 Å². The zero-order valence-electron chi connectivity index (χ0n) is 13.9. The summed E-state index contributed by atoms with van der Waals surface area (Å²) in [6.45, 7) is 6.54. The van der Waals surface area contributed by atoms with Crippen molar-refractivity contribution in [1.82, 2.24) is 14.9 Å². The van der Waals surface area contributed by atoms with E-state index >= 15 is 0 Å². The van der Waals surface area contributed by atoms with E-state index in [1.54, 1.807) is 0 Å². The summed E-state index contributed by atoms with van der Waals surface area (Å²) in [5.74, 6) is 1.84. The zero-order valence-corrected chi connectivity index (χ0v) is 13.9. The number of ether oxygens (including phenoxy) is 1. The summed E-state index contributed by atoms with van der Waals surface area (Å²) in [6, 6.07) is 6.46. The fourth-order valence-electron chi connectivity index (χ4n) is 3.31. The number of nitrogens with zero attached hydrogens (tertiary/aromatic N) is 2. The van der Waals surface area contributed by atoms with Gasteiger partial charge in [0, 0.05) is 24.0 Å². The van der Waals surface area contributed by atoms with E-state index in [0.717, 1.165) is 42.3 Å². The molecular weight excluding hydrogens is 290 g/mol. The standard InChI is InChI=1S/C18H25N3O2/c1-3-23-17-7-6-14(9-15(17)12-22)11-21-8-4-5-16(21)18-19-10-13(2)20-18/h6-7,9-10,16,22H,3-5,8,11-12H2,1-2H3,(H,19,20)/t16-/m0/s1. The van der Waals surface area contributed by atoms with E-state index in [1.807, 2.05) is 32.2 Å². The maximum atomic E-state index is 9.55. The summed E-state index contributed by atoms with van der Waals surface area (Å²) in [5.41, 5.74) is 3.16. The Kier molecular flexibility index (Phi) is 4.98. The fraction of sp³-hybridized carbons (Fsp3) is 0.500. The molecule has 2 aromatic rings. The maximum Gasteiger partial charge on any atom is 0.124 e. The van der Waals surface area contributed by atoms with E-state index in [9.17, 15) is 5.11 Å². The number of aliphatic hydroxyl groups is 1. The minimum absolute atomic E-state index is 0.00395. The van der Waals surface area contributed by atoms with E-state index in [4.69, 9.17) is 4.74 Å². The highest BCUT2D eigenvalue weighted by molar-refractivity contribution is 5.37. The molecule has 1 fully saturated rings. The summed E-state index contributed by atoms with van der Waals surface area (Å²) >= 11 is 0. The van der Waals surface area contributed by atoms with Crippen molar-refractivity contribution in [3.63, 3.8) is 0 Å². The Hall–Kier alpha value is -1.85. The third-order valence-corrected chi connectivity index (χ3v) is 4.38. The minimum Gasteiger partial charge on any atom is -0.494 e. The lowest BCUT2D eigenvalue weighted by Crippen LogP contribution is -2.23. The van der Waals surface area contributed by atoms with Crippen molar-refractivity contribution in [3.8, 4) is 5.75 Å². The van der Waals surface area contributed by atoms with E-state index in [2.05, 4.69) is 20.9 Å². The van der Waals surface area contributed by atoms with Crippen LogP contribution in [-0.4, -0.2) is 33.1 Å². The molecule has 5 heteroatoms. The van der Waals surface area contributed by atoms with E-state index in [-0.39, 0.29) is 6.61 Å². The number of aliphatic hydroxyl groups excluding tert-OH is 1. The second-order valence-electron chi connectivity index (χ2n) is 6.11. The zero-order chi connectivity index (χ0) is 16.2. The smallest absolute Gasteiger partial charge is 0.124 e. The summed E-state index contributed by atoms with van der Waals surface area (Å²) in [5, 5.41) is 9.55. The minimum atomic E-state index is 0.00395. The third-order valence-electron chi connectivity index (χ3n) is 4.38. The van der Waals surface area contributed by atoms with Gasteiger partial charge in [0.05, 0.1) is 19.3 Å². The molecule has 124 valence electrons. The quantitative estimate of drug-likeness (QED) is 0.860. The molecule has 0 saturated carbocycles. The van der Waals surface area contributed by atoms with Crippen molar-refractivity contribution in [2.24, 2.45) is 0 Å². The van der Waals surface area contributed by atoms with E-state index in [0.29, 0.717) is 12.6 Å². The monoisotopic (exact) mass is 315 g/mol. The van der Waals surface area contributed by atoms with Crippen molar-refractivity contribution in [2.75, 3.05) is 13.2 Å². The number of hydrogen-bond acceptors (Lipinski definition) is 4. The summed E-state index contributed by atoms with van der Waals surface area (Å²) in [4.78, 5) is 10.3. The first-order chi connectivity index (χ1) is 11.2. The Labute approximate surface area is 137 Å². The molecule has 0 radical (unpaired) electrons. The number of likely N-dealkylation sites (tertiary alicyclic amines) is 1. The van der Waals surface area contributed by atoms with Crippen molar-refractivity contribution >= 4 is 0 Å². The second kappa shape index (κ2) is 7.15. The SMILES string of the molecule is CCOc1ccc(CN2CCC[C@H]2c2ncc(C)[nH]2)cc1CO. The molecule has 1 aromatic carbocycles. The van der Waals surface area contributed by atoms with Gasteiger partial charge in [-0.1, -0.05) is 6.07 Å². The topological polar surface area (TPSA) is 61.4 Å². The van der Waals surface area contributed by atoms with Crippen LogP contribution in [-0.2, 0) is 13.2 Å². The first-order valence-electron chi connectivity index (χ1n) is 8.32. The molecule has 2 heterocycles. The van der Waals surface area contributed by atoms with Crippen molar-refractivity contribution < 1.29 is 9.84 Å². The number of rotatable bonds is 6. The maximum absolute atomic E-state index is 9.55. The highest BCUT2D eigenvalue weighted by Crippen LogP contribution is 2.32. The number of nitrogens with one attached hydrogen (secondary N) is 1. The van der Waals surface area contributed by atoms with Crippen LogP contribution in [0.2, 0.25) is 0 Å². The largest absolute Gasteiger partial charge is 0.494 e. The summed E-state index contributed by atoms with van der Waals surface area (Å²) in [7, 11) is 0. The highest BCUT2D eigenvalue weighted by Gasteiger charge is 2.28. The highest BCUT2D eigenvalue weighted by atomic mass is 16.5. The van der Waals surface area contributed by atoms with Crippen LogP contribution in [0, 0.1) is 6.92 Å². The van der Waals surface area contributed by atoms with Crippen LogP contribution >= 0.6 is 0 Å². The van der Waals surface area contributed by atoms with Crippen LogP contribution in [0.5, 0.6) is 5.75 Å². The Morgan fingerprint density at radius 1 is 1.43 bits per heavy atom. The van der Waals surface area contributed by atoms with Gasteiger partial charge in [-0.3, -0.25) is 4.90 Å². The molecule has 0 spiro atoms. The molecular formula is C18H25N3O2. The molecule has 2 N–H and O–H groups in total. The average Bonchev–Trinajstić information content (AvgIpc) is 3.17. The number of aromatic amines is 1. The predicted octanol–water partition coefficient (Wildman–Crippen LogP) is 2.95. The number of H-pyrrole nitrogens is 1. The van der Waals surface area contributed by atoms with E-state index < -0.39 is 0 Å². The first-order valence-corrected chi connectivity index (χ1v) is 8.32. The van der Waals surface area contributed by atoms with Crippen molar-refractivity contribution in [1.29, 1.82) is 0 Å². The van der Waals surface area contributed by atoms with Gasteiger partial charge in [-0.05, 0) is 50.9 Å². The normalized spacial score (nSPS) is 18.5. The van der Waals surface area contributed by atoms with E-state index in [1.165, 1.54) is 12.0 Å². The molecule has 0 amide bonds. The van der Waals surface area contributed by atoms with Gasteiger partial charge < -0.3 is 14.8 Å². The molecule has 1 aliphatic heterocycles. The number of aromatic nitrogens is 2. The van der Waals surface area contributed by atoms with Gasteiger partial charge in [0.25, 0.3) is 0 Å². The molecule has 3 rings (SSSR count). The summed E-state index contributed by atoms with van der Waals surface area (Å²) in [6.07, 6.45) is 4.22. The van der Waals surface area contributed by atoms with Gasteiger partial charge in [-0.15, -0.1) is 0 Å². The Morgan fingerprint density at radius 2 is 2.30 bits per heavy atom. The lowest BCUT2D eigenvalue weighted by molar-refractivity contribution is 0.239. The number of imidazole rings is 1. The molecule has 23 heavy (non-hydrogen) atoms. The van der Waals surface area contributed by atoms with Crippen LogP contribution in [0.25, 0.3) is 0 Å². The van der Waals surface area contributed by atoms with Crippen LogP contribution in [0.1, 0.15) is 48.5 Å². The fourth-order valence-corrected chi connectivity index (χ4v) is 3.31. The molecule has 1 saturated heterocycles. The van der Waals surface area contributed by atoms with Crippen LogP contribution in [0.3, 0.4) is 0 Å². The van der Waals surface area contributed by atoms with Gasteiger partial charge in [-0.25, -0.2) is 4.98 Å². The molecule has 0 aliphatic carbocycles. The second-order valence-corrected chi connectivity index (χ2v) is 6.11. The molecule has 1 aliphatic rings. The first kappa shape index (κ1) is 16.0. The molecule has 5 nitrogen and oxygen atoms in total. The third kappa shape index (κ3) is 3.57. The van der Waals surface area contributed by atoms with Gasteiger partial charge in [0.2, 0.25) is 0 Å². The Morgan fingerprint density at radius 3 is 3.00 bits per heavy atom. The van der Waals surface area contributed by atoms with Gasteiger partial charge >= 0.3 is 0 Å². The number of hydrogen-bond donors (Lipinski definition) is 2. The number of benzene rings is 1. The Balaban J connectivity index is 1.75. The lowest BCUT2D eigenvalue weighted by Gasteiger charge is -2.23. The average molecular weight is 315 g/mol. The van der Waals surface area contributed by atoms with Gasteiger partial charge in [0.15, 0.2) is 0 Å². The predicted molar refractivity (Wildman–Crippen MR) is 89.2 cm³/mol. The molecule has 1 aromatic heterocycles. The summed E-state index contributed by atoms with van der Waals surface area (Å²) < 4.78 is 5.56. The van der Waals surface area contributed by atoms with Crippen molar-refractivity contribution in [3.05, 3.63) is 47.0 Å². The lowest BCUT2D eigenvalue weighted by atomic mass is 10.1. The van der Waals surface area contributed by atoms with Gasteiger partial charge in [-0.2, -0.15) is 0 Å². The van der Waals surface area contributed by atoms with Crippen molar-refractivity contribution in [2.45, 2.75) is 45.9 Å². The Bertz CT molecular complexity index is 653. The molecule has 1 atom stereocenters.